The van der Waals surface area contributed by atoms with Crippen LogP contribution in [0.1, 0.15) is 47.5 Å². The lowest BCUT2D eigenvalue weighted by Crippen LogP contribution is -2.17. The van der Waals surface area contributed by atoms with Gasteiger partial charge in [0.1, 0.15) is 5.00 Å². The summed E-state index contributed by atoms with van der Waals surface area (Å²) in [6.07, 6.45) is 5.37. The molecule has 1 aromatic heterocycles. The standard InChI is InChI=1S/C20H24N2O5S3/c1-4-27-20(24)18-14-7-5-6-8-16(14)29-19(18)22-30(25,26)13-9-10-17(28-3)15(11-13)21-12(2)23/h9-11,22H,4-8H2,1-3H3,(H,21,23). The van der Waals surface area contributed by atoms with Gasteiger partial charge in [-0.3, -0.25) is 9.52 Å². The number of esters is 1. The molecule has 30 heavy (non-hydrogen) atoms. The Morgan fingerprint density at radius 2 is 1.97 bits per heavy atom. The molecular weight excluding hydrogens is 444 g/mol. The smallest absolute Gasteiger partial charge is 0.341 e. The van der Waals surface area contributed by atoms with Crippen molar-refractivity contribution < 1.29 is 22.7 Å². The van der Waals surface area contributed by atoms with Gasteiger partial charge in [-0.2, -0.15) is 0 Å². The van der Waals surface area contributed by atoms with Crippen LogP contribution >= 0.6 is 23.1 Å². The van der Waals surface area contributed by atoms with E-state index in [1.165, 1.54) is 42.2 Å². The zero-order valence-corrected chi connectivity index (χ0v) is 19.5. The molecule has 0 aliphatic heterocycles. The van der Waals surface area contributed by atoms with Crippen LogP contribution in [0.2, 0.25) is 0 Å². The Morgan fingerprint density at radius 1 is 1.23 bits per heavy atom. The van der Waals surface area contributed by atoms with Crippen LogP contribution in [0.25, 0.3) is 0 Å². The van der Waals surface area contributed by atoms with E-state index in [0.29, 0.717) is 11.3 Å². The molecule has 0 spiro atoms. The van der Waals surface area contributed by atoms with Crippen LogP contribution in [0.5, 0.6) is 0 Å². The van der Waals surface area contributed by atoms with E-state index in [1.54, 1.807) is 13.0 Å². The number of carbonyl (C=O) groups is 2. The number of hydrogen-bond donors (Lipinski definition) is 2. The molecule has 0 saturated carbocycles. The van der Waals surface area contributed by atoms with E-state index in [-0.39, 0.29) is 22.4 Å². The Kier molecular flexibility index (Phi) is 7.10. The number of carbonyl (C=O) groups excluding carboxylic acids is 2. The van der Waals surface area contributed by atoms with Gasteiger partial charge >= 0.3 is 5.97 Å². The van der Waals surface area contributed by atoms with Crippen molar-refractivity contribution in [3.8, 4) is 0 Å². The van der Waals surface area contributed by atoms with E-state index < -0.39 is 16.0 Å². The lowest BCUT2D eigenvalue weighted by Gasteiger charge is -2.13. The van der Waals surface area contributed by atoms with E-state index in [0.717, 1.165) is 41.0 Å². The van der Waals surface area contributed by atoms with Crippen LogP contribution in [0.3, 0.4) is 0 Å². The summed E-state index contributed by atoms with van der Waals surface area (Å²) < 4.78 is 34.0. The molecule has 1 aliphatic carbocycles. The molecule has 2 N–H and O–H groups in total. The van der Waals surface area contributed by atoms with Crippen molar-refractivity contribution in [3.63, 3.8) is 0 Å². The molecule has 1 amide bonds. The van der Waals surface area contributed by atoms with Gasteiger partial charge in [0.2, 0.25) is 5.91 Å². The van der Waals surface area contributed by atoms with Crippen molar-refractivity contribution in [1.29, 1.82) is 0 Å². The van der Waals surface area contributed by atoms with Crippen LogP contribution in [-0.4, -0.2) is 33.2 Å². The monoisotopic (exact) mass is 468 g/mol. The zero-order valence-electron chi connectivity index (χ0n) is 17.0. The van der Waals surface area contributed by atoms with Crippen molar-refractivity contribution in [2.24, 2.45) is 0 Å². The number of sulfonamides is 1. The zero-order chi connectivity index (χ0) is 21.9. The first-order chi connectivity index (χ1) is 14.3. The molecule has 0 atom stereocenters. The molecule has 0 bridgehead atoms. The van der Waals surface area contributed by atoms with Gasteiger partial charge in [0.15, 0.2) is 0 Å². The van der Waals surface area contributed by atoms with Crippen molar-refractivity contribution in [2.45, 2.75) is 49.3 Å². The number of rotatable bonds is 7. The van der Waals surface area contributed by atoms with Crippen molar-refractivity contribution in [2.75, 3.05) is 22.9 Å². The predicted octanol–water partition coefficient (Wildman–Crippen LogP) is 4.28. The number of fused-ring (bicyclic) bond motifs is 1. The highest BCUT2D eigenvalue weighted by Crippen LogP contribution is 2.40. The van der Waals surface area contributed by atoms with E-state index in [9.17, 15) is 18.0 Å². The lowest BCUT2D eigenvalue weighted by molar-refractivity contribution is -0.114. The minimum atomic E-state index is -3.97. The topological polar surface area (TPSA) is 102 Å². The molecule has 1 aliphatic rings. The number of anilines is 2. The number of thioether (sulfide) groups is 1. The molecule has 1 heterocycles. The minimum Gasteiger partial charge on any atom is -0.462 e. The fourth-order valence-corrected chi connectivity index (χ4v) is 6.52. The number of amides is 1. The highest BCUT2D eigenvalue weighted by atomic mass is 32.2. The number of hydrogen-bond acceptors (Lipinski definition) is 7. The van der Waals surface area contributed by atoms with Gasteiger partial charge < -0.3 is 10.1 Å². The Morgan fingerprint density at radius 3 is 2.63 bits per heavy atom. The van der Waals surface area contributed by atoms with E-state index in [2.05, 4.69) is 10.0 Å². The second-order valence-corrected chi connectivity index (χ2v) is 10.4. The van der Waals surface area contributed by atoms with Gasteiger partial charge in [-0.15, -0.1) is 23.1 Å². The first-order valence-electron chi connectivity index (χ1n) is 9.57. The van der Waals surface area contributed by atoms with Gasteiger partial charge in [-0.25, -0.2) is 13.2 Å². The number of thiophene rings is 1. The maximum absolute atomic E-state index is 13.1. The minimum absolute atomic E-state index is 0.00484. The molecule has 2 aromatic rings. The summed E-state index contributed by atoms with van der Waals surface area (Å²) in [6, 6.07) is 4.56. The Labute approximate surface area is 184 Å². The van der Waals surface area contributed by atoms with Gasteiger partial charge in [-0.05, 0) is 62.6 Å². The van der Waals surface area contributed by atoms with Crippen molar-refractivity contribution in [1.82, 2.24) is 0 Å². The Balaban J connectivity index is 2.00. The van der Waals surface area contributed by atoms with Gasteiger partial charge in [0.25, 0.3) is 10.0 Å². The summed E-state index contributed by atoms with van der Waals surface area (Å²) in [5, 5.41) is 2.95. The summed E-state index contributed by atoms with van der Waals surface area (Å²) in [5.74, 6) is -0.797. The average Bonchev–Trinajstić information content (AvgIpc) is 3.04. The third-order valence-corrected chi connectivity index (χ3v) is 8.15. The van der Waals surface area contributed by atoms with Gasteiger partial charge in [-0.1, -0.05) is 0 Å². The quantitative estimate of drug-likeness (QED) is 0.464. The summed E-state index contributed by atoms with van der Waals surface area (Å²) in [5.41, 5.74) is 1.64. The SMILES string of the molecule is CCOC(=O)c1c(NS(=O)(=O)c2ccc(SC)c(NC(C)=O)c2)sc2c1CCCC2. The second kappa shape index (κ2) is 9.40. The van der Waals surface area contributed by atoms with Gasteiger partial charge in [0, 0.05) is 16.7 Å². The van der Waals surface area contributed by atoms with Crippen LogP contribution in [0, 0.1) is 0 Å². The molecule has 0 saturated heterocycles. The third kappa shape index (κ3) is 4.81. The fourth-order valence-electron chi connectivity index (χ4n) is 3.38. The maximum atomic E-state index is 13.1. The van der Waals surface area contributed by atoms with Crippen molar-refractivity contribution in [3.05, 3.63) is 34.2 Å². The molecule has 0 radical (unpaired) electrons. The lowest BCUT2D eigenvalue weighted by atomic mass is 9.95. The van der Waals surface area contributed by atoms with E-state index in [4.69, 9.17) is 4.74 Å². The van der Waals surface area contributed by atoms with Crippen LogP contribution in [0.15, 0.2) is 28.0 Å². The largest absolute Gasteiger partial charge is 0.462 e. The highest BCUT2D eigenvalue weighted by Gasteiger charge is 2.29. The van der Waals surface area contributed by atoms with Crippen LogP contribution in [0.4, 0.5) is 10.7 Å². The predicted molar refractivity (Wildman–Crippen MR) is 120 cm³/mol. The van der Waals surface area contributed by atoms with Gasteiger partial charge in [0.05, 0.1) is 22.8 Å². The molecule has 0 unspecified atom stereocenters. The number of nitrogens with one attached hydrogen (secondary N) is 2. The van der Waals surface area contributed by atoms with Crippen molar-refractivity contribution >= 4 is 55.7 Å². The summed E-state index contributed by atoms with van der Waals surface area (Å²) >= 11 is 2.70. The maximum Gasteiger partial charge on any atom is 0.341 e. The molecule has 0 fully saturated rings. The van der Waals surface area contributed by atoms with Crippen LogP contribution < -0.4 is 10.0 Å². The second-order valence-electron chi connectivity index (χ2n) is 6.78. The molecular formula is C20H24N2O5S3. The first kappa shape index (κ1) is 22.6. The Hall–Kier alpha value is -2.04. The third-order valence-electron chi connectivity index (χ3n) is 4.67. The molecule has 162 valence electrons. The molecule has 7 nitrogen and oxygen atoms in total. The number of ether oxygens (including phenoxy) is 1. The fraction of sp³-hybridized carbons (Fsp3) is 0.400. The Bertz CT molecular complexity index is 1080. The molecule has 1 aromatic carbocycles. The molecule has 3 rings (SSSR count). The summed E-state index contributed by atoms with van der Waals surface area (Å²) in [4.78, 5) is 25.9. The van der Waals surface area contributed by atoms with Crippen LogP contribution in [-0.2, 0) is 32.4 Å². The van der Waals surface area contributed by atoms with E-state index in [1.807, 2.05) is 6.26 Å². The normalized spacial score (nSPS) is 13.4. The molecule has 10 heteroatoms. The summed E-state index contributed by atoms with van der Waals surface area (Å²) in [6.45, 7) is 3.30. The van der Waals surface area contributed by atoms with E-state index >= 15 is 0 Å². The average molecular weight is 469 g/mol. The number of benzene rings is 1. The highest BCUT2D eigenvalue weighted by molar-refractivity contribution is 7.98. The number of aryl methyl sites for hydroxylation is 1. The summed E-state index contributed by atoms with van der Waals surface area (Å²) in [7, 11) is -3.97. The first-order valence-corrected chi connectivity index (χ1v) is 13.1.